The molecule has 1 amide bonds. The first-order valence-corrected chi connectivity index (χ1v) is 8.38. The maximum atomic E-state index is 12.7. The molecule has 0 saturated carbocycles. The molecule has 2 aromatic rings. The Morgan fingerprint density at radius 2 is 1.69 bits per heavy atom. The number of amides is 1. The van der Waals surface area contributed by atoms with E-state index in [-0.39, 0.29) is 12.5 Å². The third-order valence-electron chi connectivity index (χ3n) is 4.48. The van der Waals surface area contributed by atoms with E-state index in [2.05, 4.69) is 5.32 Å². The van der Waals surface area contributed by atoms with Crippen molar-refractivity contribution in [3.05, 3.63) is 53.6 Å². The summed E-state index contributed by atoms with van der Waals surface area (Å²) in [6.07, 6.45) is 0. The second-order valence-electron chi connectivity index (χ2n) is 5.92. The van der Waals surface area contributed by atoms with E-state index >= 15 is 0 Å². The molecule has 6 heteroatoms. The average molecular weight is 355 g/mol. The highest BCUT2D eigenvalue weighted by molar-refractivity contribution is 6.08. The molecule has 0 radical (unpaired) electrons. The van der Waals surface area contributed by atoms with Gasteiger partial charge in [0.25, 0.3) is 0 Å². The minimum atomic E-state index is -0.954. The molecule has 1 N–H and O–H groups in total. The summed E-state index contributed by atoms with van der Waals surface area (Å²) in [5, 5.41) is 2.80. The van der Waals surface area contributed by atoms with Crippen molar-refractivity contribution in [1.82, 2.24) is 0 Å². The fourth-order valence-corrected chi connectivity index (χ4v) is 3.24. The lowest BCUT2D eigenvalue weighted by Crippen LogP contribution is -2.40. The zero-order chi connectivity index (χ0) is 18.7. The van der Waals surface area contributed by atoms with Gasteiger partial charge in [-0.25, -0.2) is 0 Å². The molecule has 2 unspecified atom stereocenters. The van der Waals surface area contributed by atoms with E-state index in [1.165, 1.54) is 0 Å². The summed E-state index contributed by atoms with van der Waals surface area (Å²) >= 11 is 0. The van der Waals surface area contributed by atoms with E-state index in [1.807, 2.05) is 36.4 Å². The first-order valence-electron chi connectivity index (χ1n) is 8.38. The van der Waals surface area contributed by atoms with Gasteiger partial charge < -0.3 is 19.5 Å². The largest absolute Gasteiger partial charge is 0.497 e. The van der Waals surface area contributed by atoms with Crippen LogP contribution in [0.25, 0.3) is 0 Å². The van der Waals surface area contributed by atoms with E-state index in [9.17, 15) is 9.59 Å². The Bertz CT molecular complexity index is 815. The highest BCUT2D eigenvalue weighted by Crippen LogP contribution is 2.42. The summed E-state index contributed by atoms with van der Waals surface area (Å²) in [7, 11) is 3.15. The maximum absolute atomic E-state index is 12.7. The molecule has 6 nitrogen and oxygen atoms in total. The number of ether oxygens (including phenoxy) is 3. The van der Waals surface area contributed by atoms with Crippen LogP contribution in [-0.2, 0) is 14.3 Å². The van der Waals surface area contributed by atoms with E-state index < -0.39 is 17.8 Å². The molecule has 1 aliphatic heterocycles. The normalized spacial score (nSPS) is 18.5. The van der Waals surface area contributed by atoms with E-state index in [0.29, 0.717) is 17.2 Å². The number of nitrogens with one attached hydrogen (secondary N) is 1. The van der Waals surface area contributed by atoms with Crippen LogP contribution >= 0.6 is 0 Å². The summed E-state index contributed by atoms with van der Waals surface area (Å²) in [5.41, 5.74) is 2.31. The van der Waals surface area contributed by atoms with Crippen molar-refractivity contribution < 1.29 is 23.8 Å². The summed E-state index contributed by atoms with van der Waals surface area (Å²) in [6, 6.07) is 12.8. The van der Waals surface area contributed by atoms with Crippen LogP contribution in [0.2, 0.25) is 0 Å². The van der Waals surface area contributed by atoms with Crippen molar-refractivity contribution in [1.29, 1.82) is 0 Å². The first kappa shape index (κ1) is 17.8. The van der Waals surface area contributed by atoms with E-state index in [4.69, 9.17) is 14.2 Å². The van der Waals surface area contributed by atoms with Crippen molar-refractivity contribution in [2.75, 3.05) is 26.1 Å². The molecule has 0 spiro atoms. The fourth-order valence-electron chi connectivity index (χ4n) is 3.24. The van der Waals surface area contributed by atoms with Crippen molar-refractivity contribution in [2.45, 2.75) is 12.8 Å². The highest BCUT2D eigenvalue weighted by Gasteiger charge is 2.42. The molecular weight excluding hydrogens is 334 g/mol. The Hall–Kier alpha value is -3.02. The Kier molecular flexibility index (Phi) is 5.11. The second-order valence-corrected chi connectivity index (χ2v) is 5.92. The lowest BCUT2D eigenvalue weighted by molar-refractivity contribution is -0.151. The van der Waals surface area contributed by atoms with Crippen LogP contribution in [0, 0.1) is 5.92 Å². The Morgan fingerprint density at radius 1 is 1.04 bits per heavy atom. The van der Waals surface area contributed by atoms with Gasteiger partial charge in [0.05, 0.1) is 20.8 Å². The van der Waals surface area contributed by atoms with Gasteiger partial charge in [-0.3, -0.25) is 9.59 Å². The van der Waals surface area contributed by atoms with Crippen LogP contribution in [0.4, 0.5) is 5.69 Å². The zero-order valence-corrected chi connectivity index (χ0v) is 14.9. The van der Waals surface area contributed by atoms with Gasteiger partial charge in [0.2, 0.25) is 5.91 Å². The van der Waals surface area contributed by atoms with Crippen molar-refractivity contribution in [2.24, 2.45) is 5.92 Å². The minimum absolute atomic E-state index is 0.216. The molecule has 26 heavy (non-hydrogen) atoms. The van der Waals surface area contributed by atoms with Crippen LogP contribution < -0.4 is 14.8 Å². The van der Waals surface area contributed by atoms with Gasteiger partial charge in [-0.1, -0.05) is 18.2 Å². The van der Waals surface area contributed by atoms with Crippen molar-refractivity contribution in [3.63, 3.8) is 0 Å². The fraction of sp³-hybridized carbons (Fsp3) is 0.300. The average Bonchev–Trinajstić information content (AvgIpc) is 2.66. The van der Waals surface area contributed by atoms with Gasteiger partial charge in [-0.05, 0) is 36.2 Å². The molecule has 3 rings (SSSR count). The van der Waals surface area contributed by atoms with Gasteiger partial charge in [-0.15, -0.1) is 0 Å². The van der Waals surface area contributed by atoms with Gasteiger partial charge >= 0.3 is 5.97 Å². The molecule has 2 aromatic carbocycles. The monoisotopic (exact) mass is 355 g/mol. The third kappa shape index (κ3) is 3.22. The second kappa shape index (κ2) is 7.47. The van der Waals surface area contributed by atoms with Crippen LogP contribution in [0.3, 0.4) is 0 Å². The van der Waals surface area contributed by atoms with Crippen LogP contribution in [0.1, 0.15) is 24.0 Å². The van der Waals surface area contributed by atoms with Gasteiger partial charge in [0.1, 0.15) is 17.4 Å². The molecule has 136 valence electrons. The number of esters is 1. The molecule has 0 bridgehead atoms. The lowest BCUT2D eigenvalue weighted by Gasteiger charge is -2.32. The van der Waals surface area contributed by atoms with Crippen molar-refractivity contribution in [3.8, 4) is 11.5 Å². The number of benzene rings is 2. The highest BCUT2D eigenvalue weighted by atomic mass is 16.5. The number of carbonyl (C=O) groups excluding carboxylic acids is 2. The number of rotatable bonds is 5. The van der Waals surface area contributed by atoms with E-state index in [0.717, 1.165) is 11.1 Å². The number of fused-ring (bicyclic) bond motifs is 1. The number of carbonyl (C=O) groups is 2. The SMILES string of the molecule is CCOC(=O)C1C(=O)Nc2cc(OC)ccc2C1c1ccc(OC)cc1. The van der Waals surface area contributed by atoms with Crippen LogP contribution in [0.15, 0.2) is 42.5 Å². The third-order valence-corrected chi connectivity index (χ3v) is 4.48. The van der Waals surface area contributed by atoms with Gasteiger partial charge in [0.15, 0.2) is 0 Å². The molecule has 1 aliphatic rings. The number of hydrogen-bond donors (Lipinski definition) is 1. The predicted octanol–water partition coefficient (Wildman–Crippen LogP) is 2.97. The minimum Gasteiger partial charge on any atom is -0.497 e. The van der Waals surface area contributed by atoms with Crippen molar-refractivity contribution >= 4 is 17.6 Å². The molecular formula is C20H21NO5. The van der Waals surface area contributed by atoms with Gasteiger partial charge in [-0.2, -0.15) is 0 Å². The van der Waals surface area contributed by atoms with Crippen LogP contribution in [-0.4, -0.2) is 32.7 Å². The zero-order valence-electron chi connectivity index (χ0n) is 14.9. The topological polar surface area (TPSA) is 73.9 Å². The summed E-state index contributed by atoms with van der Waals surface area (Å²) in [4.78, 5) is 25.2. The molecule has 0 fully saturated rings. The summed E-state index contributed by atoms with van der Waals surface area (Å²) in [6.45, 7) is 1.94. The number of hydrogen-bond acceptors (Lipinski definition) is 5. The quantitative estimate of drug-likeness (QED) is 0.659. The van der Waals surface area contributed by atoms with Gasteiger partial charge in [0, 0.05) is 17.7 Å². The first-order chi connectivity index (χ1) is 12.6. The molecule has 1 heterocycles. The number of methoxy groups -OCH3 is 2. The Morgan fingerprint density at radius 3 is 2.31 bits per heavy atom. The summed E-state index contributed by atoms with van der Waals surface area (Å²) < 4.78 is 15.6. The predicted molar refractivity (Wildman–Crippen MR) is 96.6 cm³/mol. The van der Waals surface area contributed by atoms with E-state index in [1.54, 1.807) is 27.2 Å². The smallest absolute Gasteiger partial charge is 0.319 e. The Labute approximate surface area is 152 Å². The standard InChI is InChI=1S/C20H21NO5/c1-4-26-20(23)18-17(12-5-7-13(24-2)8-6-12)15-10-9-14(25-3)11-16(15)21-19(18)22/h5-11,17-18H,4H2,1-3H3,(H,21,22). The molecule has 0 aromatic heterocycles. The molecule has 0 aliphatic carbocycles. The molecule has 0 saturated heterocycles. The maximum Gasteiger partial charge on any atom is 0.319 e. The lowest BCUT2D eigenvalue weighted by atomic mass is 9.77. The summed E-state index contributed by atoms with van der Waals surface area (Å²) in [5.74, 6) is -0.986. The van der Waals surface area contributed by atoms with Crippen LogP contribution in [0.5, 0.6) is 11.5 Å². The Balaban J connectivity index is 2.12. The molecule has 2 atom stereocenters. The number of anilines is 1.